The second-order valence-corrected chi connectivity index (χ2v) is 7.73. The van der Waals surface area contributed by atoms with Crippen LogP contribution in [0.1, 0.15) is 59.8 Å². The summed E-state index contributed by atoms with van der Waals surface area (Å²) in [6, 6.07) is 0. The van der Waals surface area contributed by atoms with Crippen molar-refractivity contribution in [3.05, 3.63) is 0 Å². The third-order valence-corrected chi connectivity index (χ3v) is 5.87. The minimum absolute atomic E-state index is 0.336. The van der Waals surface area contributed by atoms with Gasteiger partial charge >= 0.3 is 0 Å². The third kappa shape index (κ3) is 2.46. The summed E-state index contributed by atoms with van der Waals surface area (Å²) in [6.45, 7) is 13.0. The molecule has 0 radical (unpaired) electrons. The fraction of sp³-hybridized carbons (Fsp3) is 1.00. The lowest BCUT2D eigenvalue weighted by Gasteiger charge is -2.49. The van der Waals surface area contributed by atoms with Crippen LogP contribution < -0.4 is 5.73 Å². The second kappa shape index (κ2) is 5.13. The topological polar surface area (TPSA) is 29.3 Å². The summed E-state index contributed by atoms with van der Waals surface area (Å²) < 4.78 is 0. The zero-order valence-electron chi connectivity index (χ0n) is 12.8. The molecule has 0 amide bonds. The van der Waals surface area contributed by atoms with E-state index in [2.05, 4.69) is 32.6 Å². The molecule has 0 aromatic heterocycles. The Hall–Kier alpha value is -0.0800. The van der Waals surface area contributed by atoms with Gasteiger partial charge < -0.3 is 5.73 Å². The Morgan fingerprint density at radius 3 is 2.17 bits per heavy atom. The van der Waals surface area contributed by atoms with E-state index in [-0.39, 0.29) is 0 Å². The Morgan fingerprint density at radius 2 is 1.78 bits per heavy atom. The van der Waals surface area contributed by atoms with Crippen LogP contribution in [0.5, 0.6) is 0 Å². The maximum Gasteiger partial charge on any atom is 0.0357 e. The minimum atomic E-state index is 0.336. The van der Waals surface area contributed by atoms with Gasteiger partial charge in [-0.25, -0.2) is 0 Å². The highest BCUT2D eigenvalue weighted by Gasteiger charge is 2.45. The smallest absolute Gasteiger partial charge is 0.0357 e. The van der Waals surface area contributed by atoms with Crippen molar-refractivity contribution in [1.82, 2.24) is 4.90 Å². The van der Waals surface area contributed by atoms with Gasteiger partial charge in [-0.3, -0.25) is 4.90 Å². The zero-order chi connectivity index (χ0) is 13.4. The fourth-order valence-electron chi connectivity index (χ4n) is 4.32. The molecule has 1 saturated heterocycles. The van der Waals surface area contributed by atoms with E-state index in [0.717, 1.165) is 18.4 Å². The van der Waals surface area contributed by atoms with Gasteiger partial charge in [-0.05, 0) is 56.0 Å². The number of likely N-dealkylation sites (tertiary alicyclic amines) is 1. The molecule has 1 aliphatic heterocycles. The molecule has 2 heteroatoms. The number of nitrogens with zero attached hydrogens (tertiary/aromatic N) is 1. The molecular weight excluding hydrogens is 220 g/mol. The Morgan fingerprint density at radius 1 is 1.17 bits per heavy atom. The van der Waals surface area contributed by atoms with Crippen molar-refractivity contribution in [3.8, 4) is 0 Å². The summed E-state index contributed by atoms with van der Waals surface area (Å²) in [5, 5.41) is 0. The fourth-order valence-corrected chi connectivity index (χ4v) is 4.32. The van der Waals surface area contributed by atoms with Crippen molar-refractivity contribution >= 4 is 0 Å². The Labute approximate surface area is 113 Å². The Balaban J connectivity index is 2.00. The summed E-state index contributed by atoms with van der Waals surface area (Å²) in [4.78, 5) is 2.74. The molecule has 0 aromatic carbocycles. The van der Waals surface area contributed by atoms with Crippen LogP contribution in [-0.2, 0) is 0 Å². The van der Waals surface area contributed by atoms with Gasteiger partial charge in [0, 0.05) is 12.1 Å². The van der Waals surface area contributed by atoms with Crippen molar-refractivity contribution in [2.24, 2.45) is 23.0 Å². The molecule has 2 fully saturated rings. The lowest BCUT2D eigenvalue weighted by atomic mass is 9.74. The molecule has 2 rings (SSSR count). The van der Waals surface area contributed by atoms with E-state index >= 15 is 0 Å². The average Bonchev–Trinajstić information content (AvgIpc) is 2.71. The molecule has 2 atom stereocenters. The third-order valence-electron chi connectivity index (χ3n) is 5.87. The molecule has 1 aliphatic carbocycles. The van der Waals surface area contributed by atoms with E-state index in [1.54, 1.807) is 0 Å². The largest absolute Gasteiger partial charge is 0.329 e. The highest BCUT2D eigenvalue weighted by molar-refractivity contribution is 5.01. The number of piperidine rings is 1. The monoisotopic (exact) mass is 252 g/mol. The van der Waals surface area contributed by atoms with E-state index < -0.39 is 0 Å². The summed E-state index contributed by atoms with van der Waals surface area (Å²) >= 11 is 0. The normalized spacial score (nSPS) is 36.2. The van der Waals surface area contributed by atoms with Crippen LogP contribution in [0.3, 0.4) is 0 Å². The van der Waals surface area contributed by atoms with Gasteiger partial charge in [0.1, 0.15) is 0 Å². The van der Waals surface area contributed by atoms with Crippen LogP contribution in [-0.4, -0.2) is 30.1 Å². The van der Waals surface area contributed by atoms with E-state index in [9.17, 15) is 0 Å². The van der Waals surface area contributed by atoms with Gasteiger partial charge in [0.25, 0.3) is 0 Å². The Bertz CT molecular complexity index is 273. The Kier molecular flexibility index (Phi) is 4.08. The second-order valence-electron chi connectivity index (χ2n) is 7.73. The van der Waals surface area contributed by atoms with Crippen LogP contribution in [0.25, 0.3) is 0 Å². The zero-order valence-corrected chi connectivity index (χ0v) is 12.8. The number of rotatable bonds is 2. The summed E-state index contributed by atoms with van der Waals surface area (Å²) in [5.74, 6) is 1.67. The standard InChI is InChI=1S/C16H32N2/c1-13-6-5-9-16(13,12-17)18-10-7-14(8-11-18)15(2,3)4/h13-14H,5-12,17H2,1-4H3. The number of hydrogen-bond acceptors (Lipinski definition) is 2. The highest BCUT2D eigenvalue weighted by atomic mass is 15.2. The molecule has 0 spiro atoms. The molecule has 0 bridgehead atoms. The van der Waals surface area contributed by atoms with E-state index in [0.29, 0.717) is 11.0 Å². The predicted octanol–water partition coefficient (Wildman–Crippen LogP) is 3.26. The van der Waals surface area contributed by atoms with E-state index in [4.69, 9.17) is 5.73 Å². The van der Waals surface area contributed by atoms with Crippen molar-refractivity contribution in [1.29, 1.82) is 0 Å². The quantitative estimate of drug-likeness (QED) is 0.817. The molecule has 2 unspecified atom stereocenters. The van der Waals surface area contributed by atoms with Crippen LogP contribution in [0.2, 0.25) is 0 Å². The van der Waals surface area contributed by atoms with Gasteiger partial charge in [-0.2, -0.15) is 0 Å². The predicted molar refractivity (Wildman–Crippen MR) is 78.6 cm³/mol. The first-order chi connectivity index (χ1) is 8.40. The van der Waals surface area contributed by atoms with Crippen molar-refractivity contribution in [2.45, 2.75) is 65.3 Å². The number of nitrogens with two attached hydrogens (primary N) is 1. The summed E-state index contributed by atoms with van der Waals surface area (Å²) in [5.41, 5.74) is 6.98. The molecule has 2 nitrogen and oxygen atoms in total. The van der Waals surface area contributed by atoms with Crippen molar-refractivity contribution in [2.75, 3.05) is 19.6 Å². The van der Waals surface area contributed by atoms with Gasteiger partial charge in [-0.1, -0.05) is 34.1 Å². The molecule has 1 saturated carbocycles. The lowest BCUT2D eigenvalue weighted by Crippen LogP contribution is -2.58. The first-order valence-corrected chi connectivity index (χ1v) is 7.85. The van der Waals surface area contributed by atoms with E-state index in [1.807, 2.05) is 0 Å². The molecule has 18 heavy (non-hydrogen) atoms. The van der Waals surface area contributed by atoms with Crippen LogP contribution >= 0.6 is 0 Å². The summed E-state index contributed by atoms with van der Waals surface area (Å²) in [6.07, 6.45) is 6.79. The molecule has 2 N–H and O–H groups in total. The first kappa shape index (κ1) is 14.3. The van der Waals surface area contributed by atoms with Gasteiger partial charge in [0.05, 0.1) is 0 Å². The minimum Gasteiger partial charge on any atom is -0.329 e. The van der Waals surface area contributed by atoms with Crippen LogP contribution in [0.4, 0.5) is 0 Å². The SMILES string of the molecule is CC1CCCC1(CN)N1CCC(C(C)(C)C)CC1. The van der Waals surface area contributed by atoms with E-state index in [1.165, 1.54) is 45.2 Å². The maximum absolute atomic E-state index is 6.17. The molecule has 106 valence electrons. The molecular formula is C16H32N2. The highest BCUT2D eigenvalue weighted by Crippen LogP contribution is 2.43. The number of hydrogen-bond donors (Lipinski definition) is 1. The molecule has 2 aliphatic rings. The molecule has 0 aromatic rings. The average molecular weight is 252 g/mol. The first-order valence-electron chi connectivity index (χ1n) is 7.85. The van der Waals surface area contributed by atoms with Gasteiger partial charge in [0.2, 0.25) is 0 Å². The molecule has 1 heterocycles. The van der Waals surface area contributed by atoms with Crippen molar-refractivity contribution in [3.63, 3.8) is 0 Å². The van der Waals surface area contributed by atoms with Crippen molar-refractivity contribution < 1.29 is 0 Å². The van der Waals surface area contributed by atoms with Crippen LogP contribution in [0, 0.1) is 17.3 Å². The van der Waals surface area contributed by atoms with Crippen LogP contribution in [0.15, 0.2) is 0 Å². The lowest BCUT2D eigenvalue weighted by molar-refractivity contribution is 0.0114. The summed E-state index contributed by atoms with van der Waals surface area (Å²) in [7, 11) is 0. The van der Waals surface area contributed by atoms with Gasteiger partial charge in [0.15, 0.2) is 0 Å². The van der Waals surface area contributed by atoms with Gasteiger partial charge in [-0.15, -0.1) is 0 Å². The maximum atomic E-state index is 6.17.